The highest BCUT2D eigenvalue weighted by molar-refractivity contribution is 7.14. The number of ether oxygens (including phenoxy) is 1. The van der Waals surface area contributed by atoms with Gasteiger partial charge in [-0.3, -0.25) is 0 Å². The molecule has 2 aromatic heterocycles. The predicted molar refractivity (Wildman–Crippen MR) is 120 cm³/mol. The second kappa shape index (κ2) is 7.61. The van der Waals surface area contributed by atoms with Crippen molar-refractivity contribution < 1.29 is 9.84 Å². The molecule has 0 spiro atoms. The predicted octanol–water partition coefficient (Wildman–Crippen LogP) is 5.16. The molecule has 30 heavy (non-hydrogen) atoms. The molecule has 0 atom stereocenters. The molecule has 0 aliphatic rings. The van der Waals surface area contributed by atoms with Crippen molar-refractivity contribution in [3.05, 3.63) is 77.3 Å². The van der Waals surface area contributed by atoms with E-state index in [2.05, 4.69) is 68.3 Å². The Morgan fingerprint density at radius 1 is 1.00 bits per heavy atom. The van der Waals surface area contributed by atoms with Crippen LogP contribution in [0.2, 0.25) is 0 Å². The molecule has 148 valence electrons. The Bertz CT molecular complexity index is 1330. The van der Waals surface area contributed by atoms with Crippen LogP contribution < -0.4 is 4.74 Å². The van der Waals surface area contributed by atoms with E-state index in [0.29, 0.717) is 17.4 Å². The molecule has 6 nitrogen and oxygen atoms in total. The molecule has 3 aromatic carbocycles. The molecule has 5 aromatic rings. The highest BCUT2D eigenvalue weighted by atomic mass is 32.1. The van der Waals surface area contributed by atoms with Crippen molar-refractivity contribution in [1.82, 2.24) is 14.8 Å². The zero-order valence-electron chi connectivity index (χ0n) is 16.2. The number of aliphatic imine (C=N–C) groups is 1. The first-order valence-electron chi connectivity index (χ1n) is 9.42. The minimum atomic E-state index is 0.0963. The lowest BCUT2D eigenvalue weighted by molar-refractivity contribution is 0.373. The van der Waals surface area contributed by atoms with Gasteiger partial charge in [0.15, 0.2) is 11.5 Å². The maximum absolute atomic E-state index is 9.70. The summed E-state index contributed by atoms with van der Waals surface area (Å²) >= 11 is 1.46. The summed E-state index contributed by atoms with van der Waals surface area (Å²) < 4.78 is 7.40. The van der Waals surface area contributed by atoms with Gasteiger partial charge in [0.05, 0.1) is 13.7 Å². The van der Waals surface area contributed by atoms with Gasteiger partial charge >= 0.3 is 0 Å². The van der Waals surface area contributed by atoms with Crippen molar-refractivity contribution in [3.8, 4) is 11.5 Å². The number of methoxy groups -OCH3 is 1. The van der Waals surface area contributed by atoms with E-state index in [0.717, 1.165) is 10.6 Å². The van der Waals surface area contributed by atoms with Crippen LogP contribution in [0.15, 0.2) is 71.7 Å². The summed E-state index contributed by atoms with van der Waals surface area (Å²) in [4.78, 5) is 4.43. The molecule has 0 saturated carbocycles. The number of phenolic OH excluding ortho intramolecular Hbond substituents is 1. The second-order valence-electron chi connectivity index (χ2n) is 6.79. The Labute approximate surface area is 176 Å². The van der Waals surface area contributed by atoms with Crippen molar-refractivity contribution in [2.24, 2.45) is 4.99 Å². The molecule has 0 saturated heterocycles. The molecule has 1 N–H and O–H groups in total. The maximum atomic E-state index is 9.70. The standard InChI is InChI=1S/C23H18N4O2S/c1-29-21-12-15(10-11-20(21)28)13-24-23-26-25-22(30-23)14-27-18-8-4-2-6-16(18)17-7-3-5-9-19(17)27/h2-13,28H,14H2,1H3/b24-13+. The summed E-state index contributed by atoms with van der Waals surface area (Å²) in [6.07, 6.45) is 1.69. The number of fused-ring (bicyclic) bond motifs is 3. The maximum Gasteiger partial charge on any atom is 0.231 e. The van der Waals surface area contributed by atoms with Crippen LogP contribution in [0.4, 0.5) is 5.13 Å². The highest BCUT2D eigenvalue weighted by Gasteiger charge is 2.12. The Balaban J connectivity index is 1.44. The lowest BCUT2D eigenvalue weighted by Crippen LogP contribution is -1.98. The van der Waals surface area contributed by atoms with Crippen LogP contribution in [-0.2, 0) is 6.54 Å². The van der Waals surface area contributed by atoms with E-state index in [9.17, 15) is 5.11 Å². The Morgan fingerprint density at radius 2 is 1.70 bits per heavy atom. The van der Waals surface area contributed by atoms with Crippen molar-refractivity contribution in [2.75, 3.05) is 7.11 Å². The van der Waals surface area contributed by atoms with E-state index >= 15 is 0 Å². The number of nitrogens with zero attached hydrogens (tertiary/aromatic N) is 4. The minimum absolute atomic E-state index is 0.0963. The van der Waals surface area contributed by atoms with Gasteiger partial charge in [0.1, 0.15) is 5.01 Å². The van der Waals surface area contributed by atoms with Crippen LogP contribution in [0, 0.1) is 0 Å². The van der Waals surface area contributed by atoms with Gasteiger partial charge in [0.2, 0.25) is 5.13 Å². The highest BCUT2D eigenvalue weighted by Crippen LogP contribution is 2.31. The molecule has 7 heteroatoms. The molecule has 5 rings (SSSR count). The number of aromatic hydroxyl groups is 1. The number of hydrogen-bond donors (Lipinski definition) is 1. The summed E-state index contributed by atoms with van der Waals surface area (Å²) in [6, 6.07) is 21.9. The van der Waals surface area contributed by atoms with E-state index in [1.165, 1.54) is 40.3 Å². The van der Waals surface area contributed by atoms with E-state index in [1.807, 2.05) is 0 Å². The molecule has 0 amide bonds. The average Bonchev–Trinajstić information content (AvgIpc) is 3.36. The number of rotatable bonds is 5. The van der Waals surface area contributed by atoms with Gasteiger partial charge in [-0.2, -0.15) is 0 Å². The Morgan fingerprint density at radius 3 is 2.40 bits per heavy atom. The van der Waals surface area contributed by atoms with Crippen molar-refractivity contribution in [2.45, 2.75) is 6.54 Å². The summed E-state index contributed by atoms with van der Waals surface area (Å²) in [7, 11) is 1.52. The number of para-hydroxylation sites is 2. The van der Waals surface area contributed by atoms with Crippen LogP contribution in [-0.4, -0.2) is 33.2 Å². The minimum Gasteiger partial charge on any atom is -0.504 e. The zero-order valence-corrected chi connectivity index (χ0v) is 17.0. The third kappa shape index (κ3) is 3.29. The fourth-order valence-electron chi connectivity index (χ4n) is 3.57. The molecule has 0 bridgehead atoms. The molecule has 0 aliphatic heterocycles. The first-order valence-corrected chi connectivity index (χ1v) is 10.2. The summed E-state index contributed by atoms with van der Waals surface area (Å²) in [5.74, 6) is 0.502. The summed E-state index contributed by atoms with van der Waals surface area (Å²) in [6.45, 7) is 0.633. The largest absolute Gasteiger partial charge is 0.504 e. The molecule has 0 unspecified atom stereocenters. The number of phenols is 1. The smallest absolute Gasteiger partial charge is 0.231 e. The molecule has 0 fully saturated rings. The Kier molecular flexibility index (Phi) is 4.65. The van der Waals surface area contributed by atoms with Gasteiger partial charge in [-0.1, -0.05) is 47.7 Å². The van der Waals surface area contributed by atoms with Crippen molar-refractivity contribution >= 4 is 44.5 Å². The van der Waals surface area contributed by atoms with Crippen LogP contribution in [0.5, 0.6) is 11.5 Å². The van der Waals surface area contributed by atoms with Crippen molar-refractivity contribution in [1.29, 1.82) is 0 Å². The van der Waals surface area contributed by atoms with E-state index in [-0.39, 0.29) is 5.75 Å². The third-order valence-electron chi connectivity index (χ3n) is 4.96. The Hall–Kier alpha value is -3.71. The van der Waals surface area contributed by atoms with Crippen LogP contribution in [0.25, 0.3) is 21.8 Å². The van der Waals surface area contributed by atoms with Crippen molar-refractivity contribution in [3.63, 3.8) is 0 Å². The molecule has 2 heterocycles. The first kappa shape index (κ1) is 18.3. The van der Waals surface area contributed by atoms with Crippen LogP contribution >= 0.6 is 11.3 Å². The topological polar surface area (TPSA) is 72.5 Å². The average molecular weight is 414 g/mol. The lowest BCUT2D eigenvalue weighted by atomic mass is 10.2. The van der Waals surface area contributed by atoms with Gasteiger partial charge in [0, 0.05) is 28.0 Å². The van der Waals surface area contributed by atoms with Gasteiger partial charge < -0.3 is 14.4 Å². The van der Waals surface area contributed by atoms with Crippen LogP contribution in [0.1, 0.15) is 10.6 Å². The molecule has 0 aliphatic carbocycles. The van der Waals surface area contributed by atoms with Gasteiger partial charge in [-0.05, 0) is 35.9 Å². The lowest BCUT2D eigenvalue weighted by Gasteiger charge is -2.04. The first-order chi connectivity index (χ1) is 14.7. The fraction of sp³-hybridized carbons (Fsp3) is 0.0870. The van der Waals surface area contributed by atoms with Gasteiger partial charge in [0.25, 0.3) is 0 Å². The van der Waals surface area contributed by atoms with Gasteiger partial charge in [-0.15, -0.1) is 10.2 Å². The third-order valence-corrected chi connectivity index (χ3v) is 5.77. The van der Waals surface area contributed by atoms with Gasteiger partial charge in [-0.25, -0.2) is 4.99 Å². The molecular formula is C23H18N4O2S. The second-order valence-corrected chi connectivity index (χ2v) is 7.83. The SMILES string of the molecule is COc1cc(/C=N/c2nnc(Cn3c4ccccc4c4ccccc43)s2)ccc1O. The van der Waals surface area contributed by atoms with Crippen LogP contribution in [0.3, 0.4) is 0 Å². The molecular weight excluding hydrogens is 396 g/mol. The number of aromatic nitrogens is 3. The normalized spacial score (nSPS) is 11.6. The molecule has 0 radical (unpaired) electrons. The number of benzene rings is 3. The van der Waals surface area contributed by atoms with E-state index in [4.69, 9.17) is 4.74 Å². The fourth-order valence-corrected chi connectivity index (χ4v) is 4.25. The quantitative estimate of drug-likeness (QED) is 0.403. The summed E-state index contributed by atoms with van der Waals surface area (Å²) in [5, 5.41) is 22.2. The zero-order chi connectivity index (χ0) is 20.5. The van der Waals surface area contributed by atoms with E-state index in [1.54, 1.807) is 24.4 Å². The van der Waals surface area contributed by atoms with E-state index < -0.39 is 0 Å². The summed E-state index contributed by atoms with van der Waals surface area (Å²) in [5.41, 5.74) is 3.16. The number of hydrogen-bond acceptors (Lipinski definition) is 6. The monoisotopic (exact) mass is 414 g/mol.